The molecular formula is C21H15F3N4O6S2. The molecule has 4 N–H and O–H groups in total. The zero-order chi connectivity index (χ0) is 26.5. The van der Waals surface area contributed by atoms with Gasteiger partial charge in [0.2, 0.25) is 20.0 Å². The molecule has 3 aromatic rings. The monoisotopic (exact) mass is 540 g/mol. The van der Waals surface area contributed by atoms with E-state index in [1.165, 1.54) is 48.5 Å². The molecule has 0 saturated heterocycles. The van der Waals surface area contributed by atoms with Crippen molar-refractivity contribution in [3.05, 3.63) is 72.0 Å². The molecule has 1 amide bonds. The van der Waals surface area contributed by atoms with E-state index < -0.39 is 48.3 Å². The Morgan fingerprint density at radius 2 is 1.53 bits per heavy atom. The smallest absolute Gasteiger partial charge is 0.435 e. The number of sulfonamides is 2. The van der Waals surface area contributed by atoms with Crippen LogP contribution in [0.3, 0.4) is 0 Å². The molecule has 15 heteroatoms. The third-order valence-corrected chi connectivity index (χ3v) is 6.76. The maximum atomic E-state index is 13.7. The predicted octanol–water partition coefficient (Wildman–Crippen LogP) is 2.59. The molecular weight excluding hydrogens is 525 g/mol. The van der Waals surface area contributed by atoms with E-state index in [4.69, 9.17) is 14.7 Å². The van der Waals surface area contributed by atoms with E-state index in [0.717, 1.165) is 18.2 Å². The molecule has 1 aliphatic rings. The molecule has 36 heavy (non-hydrogen) atoms. The number of furan rings is 1. The Morgan fingerprint density at radius 1 is 0.889 bits per heavy atom. The van der Waals surface area contributed by atoms with Gasteiger partial charge < -0.3 is 4.42 Å². The maximum Gasteiger partial charge on any atom is 0.435 e. The van der Waals surface area contributed by atoms with Crippen LogP contribution < -0.4 is 15.3 Å². The summed E-state index contributed by atoms with van der Waals surface area (Å²) in [6, 6.07) is 12.4. The molecule has 0 fully saturated rings. The van der Waals surface area contributed by atoms with Crippen LogP contribution in [0, 0.1) is 0 Å². The van der Waals surface area contributed by atoms with E-state index in [1.807, 2.05) is 0 Å². The average Bonchev–Trinajstić information content (AvgIpc) is 3.38. The van der Waals surface area contributed by atoms with E-state index in [1.54, 1.807) is 0 Å². The topological polar surface area (TPSA) is 166 Å². The van der Waals surface area contributed by atoms with E-state index in [0.29, 0.717) is 10.6 Å². The molecule has 1 aromatic heterocycles. The molecule has 10 nitrogen and oxygen atoms in total. The Labute approximate surface area is 202 Å². The Hall–Kier alpha value is -3.79. The first kappa shape index (κ1) is 25.3. The summed E-state index contributed by atoms with van der Waals surface area (Å²) in [6.07, 6.45) is -4.17. The molecule has 0 spiro atoms. The van der Waals surface area contributed by atoms with Gasteiger partial charge >= 0.3 is 6.18 Å². The molecule has 2 aromatic carbocycles. The summed E-state index contributed by atoms with van der Waals surface area (Å²) < 4.78 is 92.6. The lowest BCUT2D eigenvalue weighted by molar-refractivity contribution is -0.114. The van der Waals surface area contributed by atoms with Gasteiger partial charge in [-0.15, -0.1) is 0 Å². The molecule has 1 aliphatic heterocycles. The van der Waals surface area contributed by atoms with Gasteiger partial charge in [0.25, 0.3) is 5.91 Å². The van der Waals surface area contributed by atoms with Crippen molar-refractivity contribution >= 4 is 43.4 Å². The number of benzene rings is 2. The van der Waals surface area contributed by atoms with Gasteiger partial charge in [0.15, 0.2) is 5.71 Å². The van der Waals surface area contributed by atoms with Gasteiger partial charge in [-0.2, -0.15) is 23.3 Å². The standard InChI is InChI=1S/C21H15F3N4O6S2/c22-21(23,24)19-17(20(29)28(27-19)13-2-1-3-16(10-13)36(26,32)33)11-14-6-9-18(34-14)12-4-7-15(8-5-12)35(25,30)31/h1-11H,(H2,25,30,31)(H2,26,32,33)/b17-11-. The van der Waals surface area contributed by atoms with Crippen molar-refractivity contribution in [3.8, 4) is 11.3 Å². The first-order valence-corrected chi connectivity index (χ1v) is 12.8. The van der Waals surface area contributed by atoms with Crippen molar-refractivity contribution in [2.75, 3.05) is 5.01 Å². The van der Waals surface area contributed by atoms with Crippen molar-refractivity contribution in [3.63, 3.8) is 0 Å². The largest absolute Gasteiger partial charge is 0.457 e. The van der Waals surface area contributed by atoms with Gasteiger partial charge in [0, 0.05) is 5.56 Å². The number of hydrogen-bond donors (Lipinski definition) is 2. The molecule has 4 rings (SSSR count). The van der Waals surface area contributed by atoms with Crippen LogP contribution in [-0.4, -0.2) is 34.6 Å². The summed E-state index contributed by atoms with van der Waals surface area (Å²) in [5, 5.41) is 13.9. The van der Waals surface area contributed by atoms with Crippen LogP contribution in [-0.2, 0) is 24.8 Å². The number of hydrazone groups is 1. The quantitative estimate of drug-likeness (QED) is 0.472. The highest BCUT2D eigenvalue weighted by molar-refractivity contribution is 7.89. The number of anilines is 1. The third kappa shape index (κ3) is 5.08. The number of carbonyl (C=O) groups is 1. The summed E-state index contributed by atoms with van der Waals surface area (Å²) in [4.78, 5) is 12.3. The Bertz CT molecular complexity index is 1640. The van der Waals surface area contributed by atoms with E-state index in [2.05, 4.69) is 5.10 Å². The second kappa shape index (κ2) is 8.70. The predicted molar refractivity (Wildman–Crippen MR) is 122 cm³/mol. The van der Waals surface area contributed by atoms with Gasteiger partial charge in [0.05, 0.1) is 21.1 Å². The number of amides is 1. The fourth-order valence-corrected chi connectivity index (χ4v) is 4.33. The molecule has 0 radical (unpaired) electrons. The Morgan fingerprint density at radius 3 is 2.11 bits per heavy atom. The second-order valence-corrected chi connectivity index (χ2v) is 10.6. The number of primary sulfonamides is 2. The normalized spacial score (nSPS) is 16.0. The summed E-state index contributed by atoms with van der Waals surface area (Å²) >= 11 is 0. The van der Waals surface area contributed by atoms with Gasteiger partial charge in [-0.1, -0.05) is 6.07 Å². The van der Waals surface area contributed by atoms with Gasteiger partial charge in [-0.05, 0) is 60.7 Å². The number of nitrogens with zero attached hydrogens (tertiary/aromatic N) is 2. The minimum absolute atomic E-state index is 0.124. The van der Waals surface area contributed by atoms with Crippen molar-refractivity contribution < 1.29 is 39.2 Å². The highest BCUT2D eigenvalue weighted by atomic mass is 32.2. The van der Waals surface area contributed by atoms with Crippen LogP contribution in [0.1, 0.15) is 5.76 Å². The summed E-state index contributed by atoms with van der Waals surface area (Å²) in [7, 11) is -8.11. The molecule has 0 saturated carbocycles. The van der Waals surface area contributed by atoms with Crippen molar-refractivity contribution in [2.24, 2.45) is 15.4 Å². The highest BCUT2D eigenvalue weighted by Gasteiger charge is 2.47. The van der Waals surface area contributed by atoms with Crippen LogP contribution in [0.15, 0.2) is 85.5 Å². The number of alkyl halides is 3. The number of hydrogen-bond acceptors (Lipinski definition) is 7. The molecule has 0 bridgehead atoms. The first-order valence-electron chi connectivity index (χ1n) is 9.73. The van der Waals surface area contributed by atoms with Gasteiger partial charge in [-0.3, -0.25) is 4.79 Å². The van der Waals surface area contributed by atoms with Crippen LogP contribution in [0.4, 0.5) is 18.9 Å². The van der Waals surface area contributed by atoms with Crippen LogP contribution in [0.5, 0.6) is 0 Å². The maximum absolute atomic E-state index is 13.7. The molecule has 0 atom stereocenters. The lowest BCUT2D eigenvalue weighted by atomic mass is 10.1. The van der Waals surface area contributed by atoms with Crippen molar-refractivity contribution in [1.82, 2.24) is 0 Å². The minimum atomic E-state index is -5.02. The Balaban J connectivity index is 1.71. The first-order chi connectivity index (χ1) is 16.6. The number of rotatable bonds is 5. The fourth-order valence-electron chi connectivity index (χ4n) is 3.26. The van der Waals surface area contributed by atoms with E-state index in [-0.39, 0.29) is 22.1 Å². The number of nitrogens with two attached hydrogens (primary N) is 2. The van der Waals surface area contributed by atoms with Crippen molar-refractivity contribution in [1.29, 1.82) is 0 Å². The SMILES string of the molecule is NS(=O)(=O)c1ccc(-c2ccc(/C=C3\C(=O)N(c4cccc(S(N)(=O)=O)c4)N=C3C(F)(F)F)o2)cc1. The zero-order valence-electron chi connectivity index (χ0n) is 17.8. The summed E-state index contributed by atoms with van der Waals surface area (Å²) in [5.41, 5.74) is -2.19. The molecule has 0 aliphatic carbocycles. The average molecular weight is 541 g/mol. The lowest BCUT2D eigenvalue weighted by Gasteiger charge is -2.12. The van der Waals surface area contributed by atoms with Crippen LogP contribution >= 0.6 is 0 Å². The molecule has 0 unspecified atom stereocenters. The van der Waals surface area contributed by atoms with Crippen LogP contribution in [0.25, 0.3) is 17.4 Å². The number of halogens is 3. The fraction of sp³-hybridized carbons (Fsp3) is 0.0476. The van der Waals surface area contributed by atoms with Gasteiger partial charge in [0.1, 0.15) is 11.5 Å². The Kier molecular flexibility index (Phi) is 6.12. The van der Waals surface area contributed by atoms with E-state index in [9.17, 15) is 34.8 Å². The minimum Gasteiger partial charge on any atom is -0.457 e. The summed E-state index contributed by atoms with van der Waals surface area (Å²) in [5.74, 6) is -1.12. The number of carbonyl (C=O) groups excluding carboxylic acids is 1. The van der Waals surface area contributed by atoms with Crippen LogP contribution in [0.2, 0.25) is 0 Å². The third-order valence-electron chi connectivity index (χ3n) is 4.92. The second-order valence-electron chi connectivity index (χ2n) is 7.44. The molecule has 188 valence electrons. The molecule has 2 heterocycles. The lowest BCUT2D eigenvalue weighted by Crippen LogP contribution is -2.25. The highest BCUT2D eigenvalue weighted by Crippen LogP contribution is 2.34. The zero-order valence-corrected chi connectivity index (χ0v) is 19.4. The summed E-state index contributed by atoms with van der Waals surface area (Å²) in [6.45, 7) is 0. The van der Waals surface area contributed by atoms with Gasteiger partial charge in [-0.25, -0.2) is 27.1 Å². The van der Waals surface area contributed by atoms with E-state index >= 15 is 0 Å². The van der Waals surface area contributed by atoms with Crippen molar-refractivity contribution in [2.45, 2.75) is 16.0 Å².